The third-order valence-electron chi connectivity index (χ3n) is 4.85. The Balaban J connectivity index is 2.83. The van der Waals surface area contributed by atoms with E-state index < -0.39 is 23.6 Å². The van der Waals surface area contributed by atoms with Gasteiger partial charge >= 0.3 is 11.9 Å². The van der Waals surface area contributed by atoms with Crippen LogP contribution in [0.2, 0.25) is 0 Å². The van der Waals surface area contributed by atoms with Crippen molar-refractivity contribution in [3.05, 3.63) is 51.3 Å². The van der Waals surface area contributed by atoms with Crippen LogP contribution in [0.4, 0.5) is 0 Å². The van der Waals surface area contributed by atoms with Gasteiger partial charge in [0.2, 0.25) is 0 Å². The minimum Gasteiger partial charge on any atom is -0.477 e. The fourth-order valence-corrected chi connectivity index (χ4v) is 3.90. The van der Waals surface area contributed by atoms with Gasteiger partial charge in [-0.25, -0.2) is 14.6 Å². The number of ether oxygens (including phenoxy) is 2. The number of rotatable bonds is 5. The van der Waals surface area contributed by atoms with E-state index >= 15 is 0 Å². The van der Waals surface area contributed by atoms with Gasteiger partial charge in [-0.05, 0) is 57.7 Å². The smallest absolute Gasteiger partial charge is 0.354 e. The highest BCUT2D eigenvalue weighted by molar-refractivity contribution is 6.31. The van der Waals surface area contributed by atoms with Crippen LogP contribution in [0.15, 0.2) is 23.3 Å². The van der Waals surface area contributed by atoms with Gasteiger partial charge in [0.25, 0.3) is 0 Å². The zero-order valence-electron chi connectivity index (χ0n) is 17.9. The number of carbonyl (C=O) groups is 2. The van der Waals surface area contributed by atoms with Crippen LogP contribution in [-0.4, -0.2) is 34.7 Å². The molecular formula is C22H28ClNO5. The predicted molar refractivity (Wildman–Crippen MR) is 111 cm³/mol. The maximum absolute atomic E-state index is 12.7. The summed E-state index contributed by atoms with van der Waals surface area (Å²) >= 11 is 6.15. The van der Waals surface area contributed by atoms with Gasteiger partial charge in [0.05, 0.1) is 12.7 Å². The van der Waals surface area contributed by atoms with E-state index in [1.54, 1.807) is 19.9 Å². The number of esters is 1. The molecule has 1 aliphatic carbocycles. The number of pyridine rings is 1. The number of aromatic carboxylic acids is 1. The van der Waals surface area contributed by atoms with Gasteiger partial charge in [0.15, 0.2) is 11.8 Å². The number of allylic oxidation sites excluding steroid dienone is 4. The Morgan fingerprint density at radius 3 is 2.38 bits per heavy atom. The molecule has 0 aromatic carbocycles. The van der Waals surface area contributed by atoms with Crippen molar-refractivity contribution in [1.29, 1.82) is 0 Å². The van der Waals surface area contributed by atoms with E-state index in [0.29, 0.717) is 27.4 Å². The number of halogens is 1. The van der Waals surface area contributed by atoms with Crippen molar-refractivity contribution in [2.24, 2.45) is 5.92 Å². The normalized spacial score (nSPS) is 20.2. The summed E-state index contributed by atoms with van der Waals surface area (Å²) in [5.41, 5.74) is 1.49. The molecular weight excluding hydrogens is 394 g/mol. The van der Waals surface area contributed by atoms with Gasteiger partial charge in [0, 0.05) is 22.2 Å². The summed E-state index contributed by atoms with van der Waals surface area (Å²) < 4.78 is 11.1. The van der Waals surface area contributed by atoms with Gasteiger partial charge in [0.1, 0.15) is 0 Å². The largest absolute Gasteiger partial charge is 0.477 e. The summed E-state index contributed by atoms with van der Waals surface area (Å²) in [6.45, 7) is 10.9. The van der Waals surface area contributed by atoms with Crippen LogP contribution in [0.1, 0.15) is 72.6 Å². The number of hydrogen-bond acceptors (Lipinski definition) is 5. The predicted octanol–water partition coefficient (Wildman–Crippen LogP) is 4.84. The van der Waals surface area contributed by atoms with Crippen LogP contribution in [0.25, 0.3) is 0 Å². The highest BCUT2D eigenvalue weighted by Crippen LogP contribution is 2.41. The van der Waals surface area contributed by atoms with Gasteiger partial charge in [-0.1, -0.05) is 30.7 Å². The maximum atomic E-state index is 12.7. The molecule has 0 radical (unpaired) electrons. The molecule has 0 amide bonds. The fraction of sp³-hybridized carbons (Fsp3) is 0.500. The van der Waals surface area contributed by atoms with E-state index in [-0.39, 0.29) is 17.5 Å². The standard InChI is InChI=1S/C22H28ClNO5/c1-11-10-14(23)8-9-15(11)16-12(2)18(20(25)26)24-13(3)17(16)19(21(27)28-7)29-22(4,5)6/h8-11,15,19H,1-7H3,(H,25,26). The molecule has 1 N–H and O–H groups in total. The average molecular weight is 422 g/mol. The lowest BCUT2D eigenvalue weighted by atomic mass is 9.78. The molecule has 158 valence electrons. The summed E-state index contributed by atoms with van der Waals surface area (Å²) in [5.74, 6) is -1.88. The van der Waals surface area contributed by atoms with Crippen LogP contribution in [0, 0.1) is 19.8 Å². The van der Waals surface area contributed by atoms with Crippen LogP contribution >= 0.6 is 11.6 Å². The SMILES string of the molecule is COC(=O)C(OC(C)(C)C)c1c(C)nc(C(=O)O)c(C)c1C1C=CC(Cl)=CC1C. The Hall–Kier alpha value is -2.18. The molecule has 0 bridgehead atoms. The first-order valence-electron chi connectivity index (χ1n) is 9.42. The molecule has 1 aromatic heterocycles. The Labute approximate surface area is 176 Å². The zero-order chi connectivity index (χ0) is 22.1. The Bertz CT molecular complexity index is 882. The zero-order valence-corrected chi connectivity index (χ0v) is 18.6. The third kappa shape index (κ3) is 5.06. The lowest BCUT2D eigenvalue weighted by Crippen LogP contribution is -2.31. The number of nitrogens with zero attached hydrogens (tertiary/aromatic N) is 1. The topological polar surface area (TPSA) is 85.7 Å². The number of carbonyl (C=O) groups excluding carboxylic acids is 1. The highest BCUT2D eigenvalue weighted by atomic mass is 35.5. The monoisotopic (exact) mass is 421 g/mol. The molecule has 6 nitrogen and oxygen atoms in total. The second kappa shape index (κ2) is 8.67. The first-order chi connectivity index (χ1) is 13.4. The Morgan fingerprint density at radius 2 is 1.90 bits per heavy atom. The van der Waals surface area contributed by atoms with E-state index in [4.69, 9.17) is 21.1 Å². The lowest BCUT2D eigenvalue weighted by molar-refractivity contribution is -0.164. The van der Waals surface area contributed by atoms with Crippen molar-refractivity contribution in [3.63, 3.8) is 0 Å². The molecule has 29 heavy (non-hydrogen) atoms. The van der Waals surface area contributed by atoms with E-state index in [0.717, 1.165) is 0 Å². The minimum absolute atomic E-state index is 0.0127. The fourth-order valence-electron chi connectivity index (χ4n) is 3.63. The molecule has 1 heterocycles. The lowest BCUT2D eigenvalue weighted by Gasteiger charge is -2.32. The summed E-state index contributed by atoms with van der Waals surface area (Å²) in [5, 5.41) is 10.3. The minimum atomic E-state index is -1.12. The summed E-state index contributed by atoms with van der Waals surface area (Å²) in [6.07, 6.45) is 4.58. The quantitative estimate of drug-likeness (QED) is 0.684. The molecule has 0 fully saturated rings. The first kappa shape index (κ1) is 23.1. The van der Waals surface area contributed by atoms with Crippen LogP contribution in [0.3, 0.4) is 0 Å². The van der Waals surface area contributed by atoms with Crippen molar-refractivity contribution in [3.8, 4) is 0 Å². The van der Waals surface area contributed by atoms with Crippen LogP contribution in [0.5, 0.6) is 0 Å². The van der Waals surface area contributed by atoms with Crippen molar-refractivity contribution in [2.75, 3.05) is 7.11 Å². The van der Waals surface area contributed by atoms with Crippen LogP contribution in [-0.2, 0) is 14.3 Å². The van der Waals surface area contributed by atoms with Crippen molar-refractivity contribution < 1.29 is 24.2 Å². The summed E-state index contributed by atoms with van der Waals surface area (Å²) in [6, 6.07) is 0. The second-order valence-corrected chi connectivity index (χ2v) is 8.67. The van der Waals surface area contributed by atoms with Crippen molar-refractivity contribution >= 4 is 23.5 Å². The molecule has 0 saturated heterocycles. The number of methoxy groups -OCH3 is 1. The van der Waals surface area contributed by atoms with E-state index in [2.05, 4.69) is 4.98 Å². The van der Waals surface area contributed by atoms with E-state index in [9.17, 15) is 14.7 Å². The molecule has 3 atom stereocenters. The molecule has 0 spiro atoms. The molecule has 1 aliphatic rings. The molecule has 0 saturated carbocycles. The number of aromatic nitrogens is 1. The van der Waals surface area contributed by atoms with Crippen molar-refractivity contribution in [1.82, 2.24) is 4.98 Å². The molecule has 7 heteroatoms. The number of hydrogen-bond donors (Lipinski definition) is 1. The highest BCUT2D eigenvalue weighted by Gasteiger charge is 2.36. The van der Waals surface area contributed by atoms with Gasteiger partial charge in [-0.15, -0.1) is 0 Å². The molecule has 3 unspecified atom stereocenters. The van der Waals surface area contributed by atoms with Crippen LogP contribution < -0.4 is 0 Å². The van der Waals surface area contributed by atoms with E-state index in [1.165, 1.54) is 7.11 Å². The first-order valence-corrected chi connectivity index (χ1v) is 9.80. The second-order valence-electron chi connectivity index (χ2n) is 8.23. The maximum Gasteiger partial charge on any atom is 0.354 e. The number of aryl methyl sites for hydroxylation is 1. The third-order valence-corrected chi connectivity index (χ3v) is 5.11. The average Bonchev–Trinajstić information content (AvgIpc) is 2.60. The van der Waals surface area contributed by atoms with Gasteiger partial charge in [-0.3, -0.25) is 0 Å². The number of carboxylic acid groups (broad SMARTS) is 1. The van der Waals surface area contributed by atoms with E-state index in [1.807, 2.05) is 39.8 Å². The van der Waals surface area contributed by atoms with Gasteiger partial charge in [-0.2, -0.15) is 0 Å². The molecule has 2 rings (SSSR count). The van der Waals surface area contributed by atoms with Gasteiger partial charge < -0.3 is 14.6 Å². The van der Waals surface area contributed by atoms with Crippen molar-refractivity contribution in [2.45, 2.75) is 59.2 Å². The number of carboxylic acids is 1. The molecule has 0 aliphatic heterocycles. The summed E-state index contributed by atoms with van der Waals surface area (Å²) in [4.78, 5) is 28.8. The molecule has 1 aromatic rings. The Morgan fingerprint density at radius 1 is 1.28 bits per heavy atom. The Kier molecular flexibility index (Phi) is 6.91. The summed E-state index contributed by atoms with van der Waals surface area (Å²) in [7, 11) is 1.30.